The summed E-state index contributed by atoms with van der Waals surface area (Å²) in [4.78, 5) is 11.9. The Morgan fingerprint density at radius 1 is 1.21 bits per heavy atom. The fraction of sp³-hybridized carbons (Fsp3) is 0.278. The molecule has 0 atom stereocenters. The first-order valence-electron chi connectivity index (χ1n) is 8.72. The first-order chi connectivity index (χ1) is 13.3. The molecule has 10 heteroatoms. The molecule has 0 amide bonds. The summed E-state index contributed by atoms with van der Waals surface area (Å²) >= 11 is 0. The number of hydrogen-bond acceptors (Lipinski definition) is 5. The molecule has 0 spiro atoms. The third kappa shape index (κ3) is 2.81. The number of benzene rings is 1. The van der Waals surface area contributed by atoms with Gasteiger partial charge in [0.1, 0.15) is 4.90 Å². The zero-order valence-corrected chi connectivity index (χ0v) is 16.2. The number of aromatic amines is 1. The van der Waals surface area contributed by atoms with Crippen LogP contribution < -0.4 is 0 Å². The number of hydrogen-bond donors (Lipinski definition) is 2. The molecule has 9 nitrogen and oxygen atoms in total. The van der Waals surface area contributed by atoms with Crippen molar-refractivity contribution in [2.24, 2.45) is 0 Å². The highest BCUT2D eigenvalue weighted by Crippen LogP contribution is 2.30. The lowest BCUT2D eigenvalue weighted by Crippen LogP contribution is -2.37. The summed E-state index contributed by atoms with van der Waals surface area (Å²) in [6.45, 7) is 3.47. The Morgan fingerprint density at radius 3 is 2.54 bits per heavy atom. The maximum atomic E-state index is 13.1. The van der Waals surface area contributed by atoms with Gasteiger partial charge in [-0.2, -0.15) is 14.5 Å². The van der Waals surface area contributed by atoms with Crippen LogP contribution in [0.15, 0.2) is 35.2 Å². The third-order valence-electron chi connectivity index (χ3n) is 4.88. The molecule has 3 heterocycles. The zero-order chi connectivity index (χ0) is 20.1. The van der Waals surface area contributed by atoms with Gasteiger partial charge < -0.3 is 5.11 Å². The number of carboxylic acid groups (broad SMARTS) is 1. The van der Waals surface area contributed by atoms with Gasteiger partial charge in [0.25, 0.3) is 0 Å². The SMILES string of the molecule is Cc1n[nH]c(C)c1S(=O)(=O)N1CCc2c(c(C(=O)O)nn2-c2ccccc2)C1. The predicted molar refractivity (Wildman–Crippen MR) is 99.9 cm³/mol. The maximum Gasteiger partial charge on any atom is 0.356 e. The van der Waals surface area contributed by atoms with E-state index in [1.807, 2.05) is 30.3 Å². The summed E-state index contributed by atoms with van der Waals surface area (Å²) in [5.41, 5.74) is 2.60. The van der Waals surface area contributed by atoms with Gasteiger partial charge in [-0.05, 0) is 26.0 Å². The van der Waals surface area contributed by atoms with E-state index in [0.717, 1.165) is 11.4 Å². The van der Waals surface area contributed by atoms with Crippen LogP contribution in [0.3, 0.4) is 0 Å². The molecule has 146 valence electrons. The molecule has 0 fully saturated rings. The van der Waals surface area contributed by atoms with Crippen molar-refractivity contribution in [3.63, 3.8) is 0 Å². The van der Waals surface area contributed by atoms with Gasteiger partial charge in [0, 0.05) is 25.1 Å². The largest absolute Gasteiger partial charge is 0.476 e. The first-order valence-corrected chi connectivity index (χ1v) is 10.2. The number of para-hydroxylation sites is 1. The molecule has 0 saturated carbocycles. The number of carboxylic acids is 1. The molecule has 2 N–H and O–H groups in total. The van der Waals surface area contributed by atoms with Crippen LogP contribution in [0.5, 0.6) is 0 Å². The molecule has 4 rings (SSSR count). The standard InChI is InChI=1S/C18H19N5O4S/c1-11-17(12(2)20-19-11)28(26,27)22-9-8-15-14(10-22)16(18(24)25)21-23(15)13-6-4-3-5-7-13/h3-7H,8-10H2,1-2H3,(H,19,20)(H,24,25). The zero-order valence-electron chi connectivity index (χ0n) is 15.4. The van der Waals surface area contributed by atoms with Crippen molar-refractivity contribution in [3.8, 4) is 5.69 Å². The number of nitrogens with one attached hydrogen (secondary N) is 1. The van der Waals surface area contributed by atoms with Crippen molar-refractivity contribution < 1.29 is 18.3 Å². The molecule has 3 aromatic rings. The second-order valence-corrected chi connectivity index (χ2v) is 8.55. The van der Waals surface area contributed by atoms with Crippen LogP contribution in [0, 0.1) is 13.8 Å². The summed E-state index contributed by atoms with van der Waals surface area (Å²) in [5.74, 6) is -1.18. The van der Waals surface area contributed by atoms with Gasteiger partial charge in [-0.15, -0.1) is 0 Å². The summed E-state index contributed by atoms with van der Waals surface area (Å²) in [5, 5.41) is 20.5. The average Bonchev–Trinajstić information content (AvgIpc) is 3.22. The Hall–Kier alpha value is -2.98. The third-order valence-corrected chi connectivity index (χ3v) is 6.99. The molecule has 1 aliphatic heterocycles. The quantitative estimate of drug-likeness (QED) is 0.686. The van der Waals surface area contributed by atoms with Gasteiger partial charge in [-0.25, -0.2) is 17.9 Å². The van der Waals surface area contributed by atoms with Crippen LogP contribution in [0.4, 0.5) is 0 Å². The molecule has 0 radical (unpaired) electrons. The highest BCUT2D eigenvalue weighted by molar-refractivity contribution is 7.89. The van der Waals surface area contributed by atoms with E-state index in [4.69, 9.17) is 0 Å². The van der Waals surface area contributed by atoms with Crippen LogP contribution >= 0.6 is 0 Å². The number of carbonyl (C=O) groups is 1. The molecule has 1 aromatic carbocycles. The minimum Gasteiger partial charge on any atom is -0.476 e. The van der Waals surface area contributed by atoms with E-state index in [2.05, 4.69) is 15.3 Å². The Bertz CT molecular complexity index is 1140. The van der Waals surface area contributed by atoms with Crippen molar-refractivity contribution in [3.05, 3.63) is 58.7 Å². The molecule has 0 unspecified atom stereocenters. The van der Waals surface area contributed by atoms with Gasteiger partial charge in [-0.3, -0.25) is 5.10 Å². The number of aromatic nitrogens is 4. The number of aryl methyl sites for hydroxylation is 2. The molecule has 28 heavy (non-hydrogen) atoms. The Balaban J connectivity index is 1.79. The van der Waals surface area contributed by atoms with Gasteiger partial charge in [0.15, 0.2) is 5.69 Å². The Kier molecular flexibility index (Phi) is 4.31. The topological polar surface area (TPSA) is 121 Å². The lowest BCUT2D eigenvalue weighted by molar-refractivity contribution is 0.0688. The van der Waals surface area contributed by atoms with Crippen LogP contribution in [0.2, 0.25) is 0 Å². The number of rotatable bonds is 4. The molecular formula is C18H19N5O4S. The van der Waals surface area contributed by atoms with E-state index < -0.39 is 16.0 Å². The second kappa shape index (κ2) is 6.57. The fourth-order valence-corrected chi connectivity index (χ4v) is 5.34. The van der Waals surface area contributed by atoms with Crippen molar-refractivity contribution in [2.45, 2.75) is 31.7 Å². The van der Waals surface area contributed by atoms with Crippen LogP contribution in [-0.4, -0.2) is 50.3 Å². The van der Waals surface area contributed by atoms with Gasteiger partial charge >= 0.3 is 5.97 Å². The molecule has 1 aliphatic rings. The molecular weight excluding hydrogens is 382 g/mol. The normalized spacial score (nSPS) is 14.8. The van der Waals surface area contributed by atoms with E-state index in [0.29, 0.717) is 23.4 Å². The summed E-state index contributed by atoms with van der Waals surface area (Å²) in [7, 11) is -3.81. The minimum absolute atomic E-state index is 0.0454. The summed E-state index contributed by atoms with van der Waals surface area (Å²) < 4.78 is 29.2. The highest BCUT2D eigenvalue weighted by Gasteiger charge is 2.36. The lowest BCUT2D eigenvalue weighted by atomic mass is 10.1. The molecule has 0 bridgehead atoms. The smallest absolute Gasteiger partial charge is 0.356 e. The summed E-state index contributed by atoms with van der Waals surface area (Å²) in [6.07, 6.45) is 0.361. The van der Waals surface area contributed by atoms with Crippen LogP contribution in [-0.2, 0) is 23.0 Å². The fourth-order valence-electron chi connectivity index (χ4n) is 3.60. The van der Waals surface area contributed by atoms with Crippen molar-refractivity contribution in [1.29, 1.82) is 0 Å². The second-order valence-electron chi connectivity index (χ2n) is 6.68. The van der Waals surface area contributed by atoms with Crippen LogP contribution in [0.1, 0.15) is 33.1 Å². The van der Waals surface area contributed by atoms with E-state index in [1.165, 1.54) is 4.31 Å². The number of aromatic carboxylic acids is 1. The first kappa shape index (κ1) is 18.4. The molecule has 2 aromatic heterocycles. The highest BCUT2D eigenvalue weighted by atomic mass is 32.2. The summed E-state index contributed by atoms with van der Waals surface area (Å²) in [6, 6.07) is 9.21. The lowest BCUT2D eigenvalue weighted by Gasteiger charge is -2.27. The molecule has 0 saturated heterocycles. The van der Waals surface area contributed by atoms with E-state index in [9.17, 15) is 18.3 Å². The monoisotopic (exact) mass is 401 g/mol. The van der Waals surface area contributed by atoms with Gasteiger partial charge in [0.2, 0.25) is 10.0 Å². The molecule has 0 aliphatic carbocycles. The number of fused-ring (bicyclic) bond motifs is 1. The van der Waals surface area contributed by atoms with Crippen LogP contribution in [0.25, 0.3) is 5.69 Å². The van der Waals surface area contributed by atoms with E-state index in [-0.39, 0.29) is 23.7 Å². The number of H-pyrrole nitrogens is 1. The van der Waals surface area contributed by atoms with Crippen molar-refractivity contribution in [1.82, 2.24) is 24.3 Å². The minimum atomic E-state index is -3.81. The average molecular weight is 401 g/mol. The van der Waals surface area contributed by atoms with Crippen molar-refractivity contribution in [2.75, 3.05) is 6.54 Å². The van der Waals surface area contributed by atoms with Gasteiger partial charge in [0.05, 0.1) is 22.8 Å². The number of nitrogens with zero attached hydrogens (tertiary/aromatic N) is 4. The van der Waals surface area contributed by atoms with Gasteiger partial charge in [-0.1, -0.05) is 18.2 Å². The maximum absolute atomic E-state index is 13.1. The Morgan fingerprint density at radius 2 is 1.93 bits per heavy atom. The Labute approximate surface area is 161 Å². The van der Waals surface area contributed by atoms with Crippen molar-refractivity contribution >= 4 is 16.0 Å². The number of sulfonamides is 1. The van der Waals surface area contributed by atoms with E-state index >= 15 is 0 Å². The predicted octanol–water partition coefficient (Wildman–Crippen LogP) is 1.66. The van der Waals surface area contributed by atoms with E-state index in [1.54, 1.807) is 18.5 Å².